The summed E-state index contributed by atoms with van der Waals surface area (Å²) in [7, 11) is 0. The molecule has 0 saturated carbocycles. The minimum Gasteiger partial charge on any atom is -0.508 e. The van der Waals surface area contributed by atoms with E-state index in [9.17, 15) is 5.11 Å². The van der Waals surface area contributed by atoms with Crippen LogP contribution in [0, 0.1) is 0 Å². The summed E-state index contributed by atoms with van der Waals surface area (Å²) in [6, 6.07) is 7.19. The molecule has 1 N–H and O–H groups in total. The molecule has 0 aliphatic heterocycles. The Kier molecular flexibility index (Phi) is 3.15. The molecule has 2 aromatic rings. The number of thiazole rings is 1. The molecule has 0 bridgehead atoms. The minimum absolute atomic E-state index is 0.298. The number of phenols is 1. The lowest BCUT2D eigenvalue weighted by atomic mass is 10.2. The van der Waals surface area contributed by atoms with Gasteiger partial charge in [-0.25, -0.2) is 4.98 Å². The first-order valence-electron chi connectivity index (χ1n) is 4.68. The van der Waals surface area contributed by atoms with Crippen LogP contribution < -0.4 is 0 Å². The van der Waals surface area contributed by atoms with Crippen molar-refractivity contribution in [1.82, 2.24) is 4.98 Å². The second kappa shape index (κ2) is 4.75. The molecule has 0 saturated heterocycles. The van der Waals surface area contributed by atoms with E-state index in [1.165, 1.54) is 0 Å². The van der Waals surface area contributed by atoms with Crippen molar-refractivity contribution in [2.45, 2.75) is 6.42 Å². The first kappa shape index (κ1) is 9.93. The maximum absolute atomic E-state index is 9.25. The van der Waals surface area contributed by atoms with Gasteiger partial charge in [-0.15, -0.1) is 11.3 Å². The summed E-state index contributed by atoms with van der Waals surface area (Å²) in [5.41, 5.74) is 1.01. The van der Waals surface area contributed by atoms with Gasteiger partial charge in [0, 0.05) is 18.0 Å². The normalized spacial score (nSPS) is 10.9. The van der Waals surface area contributed by atoms with Crippen LogP contribution in [0.5, 0.6) is 5.75 Å². The lowest BCUT2D eigenvalue weighted by Gasteiger charge is -1.94. The monoisotopic (exact) mass is 217 g/mol. The predicted octanol–water partition coefficient (Wildman–Crippen LogP) is 3.10. The molecule has 15 heavy (non-hydrogen) atoms. The zero-order valence-electron chi connectivity index (χ0n) is 8.13. The number of allylic oxidation sites excluding steroid dienone is 1. The Balaban J connectivity index is 2.00. The van der Waals surface area contributed by atoms with E-state index in [2.05, 4.69) is 4.98 Å². The number of hydrogen-bond donors (Lipinski definition) is 1. The minimum atomic E-state index is 0.298. The Hall–Kier alpha value is -1.61. The highest BCUT2D eigenvalue weighted by atomic mass is 32.1. The van der Waals surface area contributed by atoms with Gasteiger partial charge in [0.2, 0.25) is 0 Å². The third-order valence-corrected chi connectivity index (χ3v) is 2.76. The lowest BCUT2D eigenvalue weighted by Crippen LogP contribution is -1.77. The summed E-state index contributed by atoms with van der Waals surface area (Å²) in [6.07, 6.45) is 6.68. The predicted molar refractivity (Wildman–Crippen MR) is 63.0 cm³/mol. The van der Waals surface area contributed by atoms with Gasteiger partial charge in [0.15, 0.2) is 0 Å². The number of aromatic hydroxyl groups is 1. The molecule has 3 heteroatoms. The molecule has 0 unspecified atom stereocenters. The van der Waals surface area contributed by atoms with Gasteiger partial charge in [0.25, 0.3) is 0 Å². The van der Waals surface area contributed by atoms with Crippen LogP contribution in [0.2, 0.25) is 0 Å². The average Bonchev–Trinajstić information content (AvgIpc) is 2.71. The van der Waals surface area contributed by atoms with Crippen LogP contribution in [0.1, 0.15) is 10.6 Å². The first-order valence-corrected chi connectivity index (χ1v) is 5.56. The van der Waals surface area contributed by atoms with E-state index >= 15 is 0 Å². The quantitative estimate of drug-likeness (QED) is 0.857. The fourth-order valence-electron chi connectivity index (χ4n) is 1.28. The maximum atomic E-state index is 9.25. The molecule has 2 rings (SSSR count). The van der Waals surface area contributed by atoms with E-state index < -0.39 is 0 Å². The highest BCUT2D eigenvalue weighted by Gasteiger charge is 1.91. The van der Waals surface area contributed by atoms with Gasteiger partial charge in [-0.3, -0.25) is 0 Å². The smallest absolute Gasteiger partial charge is 0.116 e. The van der Waals surface area contributed by atoms with Gasteiger partial charge in [0.05, 0.1) is 5.01 Å². The van der Waals surface area contributed by atoms with Crippen LogP contribution in [0.4, 0.5) is 0 Å². The second-order valence-corrected chi connectivity index (χ2v) is 4.11. The van der Waals surface area contributed by atoms with Gasteiger partial charge in [-0.1, -0.05) is 24.3 Å². The zero-order valence-corrected chi connectivity index (χ0v) is 8.95. The van der Waals surface area contributed by atoms with Crippen molar-refractivity contribution in [2.24, 2.45) is 0 Å². The van der Waals surface area contributed by atoms with Crippen molar-refractivity contribution in [1.29, 1.82) is 0 Å². The number of aromatic nitrogens is 1. The van der Waals surface area contributed by atoms with E-state index in [1.807, 2.05) is 35.9 Å². The molecule has 1 heterocycles. The van der Waals surface area contributed by atoms with Crippen LogP contribution in [0.15, 0.2) is 41.9 Å². The zero-order chi connectivity index (χ0) is 10.5. The molecule has 0 aliphatic carbocycles. The topological polar surface area (TPSA) is 33.1 Å². The van der Waals surface area contributed by atoms with Gasteiger partial charge in [-0.05, 0) is 17.7 Å². The molecule has 0 radical (unpaired) electrons. The molecule has 76 valence electrons. The third-order valence-electron chi connectivity index (χ3n) is 1.96. The molecule has 1 aromatic carbocycles. The molecule has 2 nitrogen and oxygen atoms in total. The Labute approximate surface area is 92.5 Å². The van der Waals surface area contributed by atoms with Crippen molar-refractivity contribution in [3.8, 4) is 5.75 Å². The van der Waals surface area contributed by atoms with Crippen molar-refractivity contribution >= 4 is 17.4 Å². The Morgan fingerprint density at radius 3 is 3.07 bits per heavy atom. The Morgan fingerprint density at radius 1 is 1.40 bits per heavy atom. The van der Waals surface area contributed by atoms with Crippen molar-refractivity contribution in [3.05, 3.63) is 52.5 Å². The second-order valence-electron chi connectivity index (χ2n) is 3.13. The number of nitrogens with zero attached hydrogens (tertiary/aromatic N) is 1. The number of phenolic OH excluding ortho intramolecular Hbond substituents is 1. The average molecular weight is 217 g/mol. The fourth-order valence-corrected chi connectivity index (χ4v) is 1.87. The maximum Gasteiger partial charge on any atom is 0.116 e. The molecule has 0 amide bonds. The highest BCUT2D eigenvalue weighted by molar-refractivity contribution is 7.09. The lowest BCUT2D eigenvalue weighted by molar-refractivity contribution is 0.475. The molecule has 0 spiro atoms. The van der Waals surface area contributed by atoms with Crippen LogP contribution in [0.3, 0.4) is 0 Å². The van der Waals surface area contributed by atoms with Crippen LogP contribution in [-0.4, -0.2) is 10.1 Å². The Morgan fingerprint density at radius 2 is 2.33 bits per heavy atom. The fraction of sp³-hybridized carbons (Fsp3) is 0.0833. The summed E-state index contributed by atoms with van der Waals surface area (Å²) < 4.78 is 0. The summed E-state index contributed by atoms with van der Waals surface area (Å²) >= 11 is 1.65. The molecule has 1 aromatic heterocycles. The summed E-state index contributed by atoms with van der Waals surface area (Å²) in [4.78, 5) is 4.18. The van der Waals surface area contributed by atoms with Crippen molar-refractivity contribution < 1.29 is 5.11 Å². The molecule has 0 aliphatic rings. The summed E-state index contributed by atoms with van der Waals surface area (Å²) in [5.74, 6) is 0.298. The number of hydrogen-bond acceptors (Lipinski definition) is 3. The van der Waals surface area contributed by atoms with Gasteiger partial charge < -0.3 is 5.11 Å². The molecule has 0 fully saturated rings. The number of rotatable bonds is 3. The largest absolute Gasteiger partial charge is 0.508 e. The van der Waals surface area contributed by atoms with Gasteiger partial charge in [0.1, 0.15) is 5.75 Å². The number of benzene rings is 1. The Bertz CT molecular complexity index is 448. The molecular formula is C12H11NOS. The SMILES string of the molecule is Oc1cccc(C=CCc2nccs2)c1. The third kappa shape index (κ3) is 2.92. The van der Waals surface area contributed by atoms with E-state index in [4.69, 9.17) is 0 Å². The molecule has 0 atom stereocenters. The van der Waals surface area contributed by atoms with Crippen molar-refractivity contribution in [2.75, 3.05) is 0 Å². The van der Waals surface area contributed by atoms with Crippen LogP contribution in [-0.2, 0) is 6.42 Å². The van der Waals surface area contributed by atoms with Gasteiger partial charge in [-0.2, -0.15) is 0 Å². The van der Waals surface area contributed by atoms with E-state index in [0.717, 1.165) is 17.0 Å². The van der Waals surface area contributed by atoms with Crippen molar-refractivity contribution in [3.63, 3.8) is 0 Å². The molecular weight excluding hydrogens is 206 g/mol. The summed E-state index contributed by atoms with van der Waals surface area (Å²) in [6.45, 7) is 0. The van der Waals surface area contributed by atoms with E-state index in [1.54, 1.807) is 23.5 Å². The van der Waals surface area contributed by atoms with Gasteiger partial charge >= 0.3 is 0 Å². The first-order chi connectivity index (χ1) is 7.34. The van der Waals surface area contributed by atoms with E-state index in [0.29, 0.717) is 5.75 Å². The van der Waals surface area contributed by atoms with Crippen LogP contribution >= 0.6 is 11.3 Å². The standard InChI is InChI=1S/C12H11NOS/c14-11-5-1-3-10(9-11)4-2-6-12-13-7-8-15-12/h1-5,7-9,14H,6H2. The van der Waals surface area contributed by atoms with E-state index in [-0.39, 0.29) is 0 Å². The highest BCUT2D eigenvalue weighted by Crippen LogP contribution is 2.13. The summed E-state index contributed by atoms with van der Waals surface area (Å²) in [5, 5.41) is 12.3. The van der Waals surface area contributed by atoms with Crippen LogP contribution in [0.25, 0.3) is 6.08 Å².